The Kier molecular flexibility index (Phi) is 3.25. The van der Waals surface area contributed by atoms with Gasteiger partial charge in [0.05, 0.1) is 12.2 Å². The molecule has 21 heavy (non-hydrogen) atoms. The van der Waals surface area contributed by atoms with Crippen LogP contribution >= 0.6 is 0 Å². The molecule has 2 heteroatoms. The molecule has 0 aromatic carbocycles. The van der Waals surface area contributed by atoms with E-state index in [9.17, 15) is 10.2 Å². The predicted octanol–water partition coefficient (Wildman–Crippen LogP) is 3.75. The zero-order chi connectivity index (χ0) is 14.8. The first-order valence-corrected chi connectivity index (χ1v) is 9.31. The van der Waals surface area contributed by atoms with E-state index in [0.717, 1.165) is 42.9 Å². The second-order valence-corrected chi connectivity index (χ2v) is 9.22. The molecule has 4 rings (SSSR count). The van der Waals surface area contributed by atoms with Crippen LogP contribution in [-0.2, 0) is 0 Å². The van der Waals surface area contributed by atoms with Crippen LogP contribution in [0, 0.1) is 34.5 Å². The quantitative estimate of drug-likeness (QED) is 0.714. The summed E-state index contributed by atoms with van der Waals surface area (Å²) < 4.78 is 0. The Bertz CT molecular complexity index is 422. The molecule has 2 nitrogen and oxygen atoms in total. The fourth-order valence-corrected chi connectivity index (χ4v) is 7.21. The van der Waals surface area contributed by atoms with Crippen LogP contribution in [0.3, 0.4) is 0 Å². The van der Waals surface area contributed by atoms with Crippen molar-refractivity contribution in [3.63, 3.8) is 0 Å². The van der Waals surface area contributed by atoms with Crippen LogP contribution in [0.2, 0.25) is 0 Å². The molecule has 0 aromatic rings. The summed E-state index contributed by atoms with van der Waals surface area (Å²) in [4.78, 5) is 0. The largest absolute Gasteiger partial charge is 0.393 e. The molecule has 0 heterocycles. The fraction of sp³-hybridized carbons (Fsp3) is 1.00. The van der Waals surface area contributed by atoms with Crippen molar-refractivity contribution >= 4 is 0 Å². The lowest BCUT2D eigenvalue weighted by molar-refractivity contribution is -0.133. The van der Waals surface area contributed by atoms with Crippen LogP contribution in [0.1, 0.15) is 71.6 Å². The highest BCUT2D eigenvalue weighted by molar-refractivity contribution is 5.09. The third-order valence-electron chi connectivity index (χ3n) is 8.59. The first-order chi connectivity index (χ1) is 9.95. The lowest BCUT2D eigenvalue weighted by atomic mass is 9.45. The molecule has 0 amide bonds. The Morgan fingerprint density at radius 1 is 0.762 bits per heavy atom. The van der Waals surface area contributed by atoms with Gasteiger partial charge in [-0.25, -0.2) is 0 Å². The Morgan fingerprint density at radius 2 is 1.48 bits per heavy atom. The zero-order valence-electron chi connectivity index (χ0n) is 13.7. The predicted molar refractivity (Wildman–Crippen MR) is 83.7 cm³/mol. The van der Waals surface area contributed by atoms with E-state index >= 15 is 0 Å². The molecule has 0 bridgehead atoms. The molecule has 4 aliphatic carbocycles. The van der Waals surface area contributed by atoms with Gasteiger partial charge in [-0.15, -0.1) is 0 Å². The van der Waals surface area contributed by atoms with E-state index in [0.29, 0.717) is 5.41 Å². The topological polar surface area (TPSA) is 40.5 Å². The van der Waals surface area contributed by atoms with Crippen LogP contribution in [0.4, 0.5) is 0 Å². The SMILES string of the molecule is C[C@@]12CC[C@@H](O)C[C@@H]1CC[C@@H]1[C@H]2CC[C@]2(C)[C@@H](O)CC[C@@H]12. The van der Waals surface area contributed by atoms with Crippen molar-refractivity contribution in [2.24, 2.45) is 34.5 Å². The summed E-state index contributed by atoms with van der Waals surface area (Å²) in [6.07, 6.45) is 10.7. The van der Waals surface area contributed by atoms with E-state index in [1.54, 1.807) is 0 Å². The summed E-state index contributed by atoms with van der Waals surface area (Å²) in [7, 11) is 0. The van der Waals surface area contributed by atoms with Crippen molar-refractivity contribution in [2.45, 2.75) is 83.8 Å². The molecule has 4 saturated carbocycles. The van der Waals surface area contributed by atoms with E-state index in [4.69, 9.17) is 0 Å². The smallest absolute Gasteiger partial charge is 0.0596 e. The highest BCUT2D eigenvalue weighted by Crippen LogP contribution is 2.66. The number of hydrogen-bond acceptors (Lipinski definition) is 2. The van der Waals surface area contributed by atoms with Crippen molar-refractivity contribution in [3.05, 3.63) is 0 Å². The summed E-state index contributed by atoms with van der Waals surface area (Å²) in [5.41, 5.74) is 0.676. The summed E-state index contributed by atoms with van der Waals surface area (Å²) in [6, 6.07) is 0. The zero-order valence-corrected chi connectivity index (χ0v) is 13.7. The Hall–Kier alpha value is -0.0800. The summed E-state index contributed by atoms with van der Waals surface area (Å²) >= 11 is 0. The first kappa shape index (κ1) is 14.5. The van der Waals surface area contributed by atoms with Gasteiger partial charge in [0, 0.05) is 0 Å². The van der Waals surface area contributed by atoms with Gasteiger partial charge in [-0.05, 0) is 92.3 Å². The minimum absolute atomic E-state index is 0.0400. The molecule has 0 aliphatic heterocycles. The van der Waals surface area contributed by atoms with E-state index in [1.807, 2.05) is 0 Å². The van der Waals surface area contributed by atoms with E-state index < -0.39 is 0 Å². The summed E-state index contributed by atoms with van der Waals surface area (Å²) in [5, 5.41) is 20.5. The third-order valence-corrected chi connectivity index (χ3v) is 8.59. The minimum atomic E-state index is -0.0536. The molecular weight excluding hydrogens is 260 g/mol. The van der Waals surface area contributed by atoms with Gasteiger partial charge < -0.3 is 10.2 Å². The van der Waals surface area contributed by atoms with Gasteiger partial charge in [-0.3, -0.25) is 0 Å². The maximum atomic E-state index is 10.5. The molecule has 0 spiro atoms. The van der Waals surface area contributed by atoms with Gasteiger partial charge in [0.1, 0.15) is 0 Å². The molecule has 2 N–H and O–H groups in total. The van der Waals surface area contributed by atoms with E-state index in [-0.39, 0.29) is 17.6 Å². The maximum Gasteiger partial charge on any atom is 0.0596 e. The van der Waals surface area contributed by atoms with Gasteiger partial charge in [-0.1, -0.05) is 13.8 Å². The van der Waals surface area contributed by atoms with Gasteiger partial charge in [0.2, 0.25) is 0 Å². The van der Waals surface area contributed by atoms with Crippen molar-refractivity contribution in [1.29, 1.82) is 0 Å². The lowest BCUT2D eigenvalue weighted by Crippen LogP contribution is -2.54. The molecule has 4 aliphatic rings. The third kappa shape index (κ3) is 1.91. The standard InChI is InChI=1S/C19H32O2/c1-18-9-7-13(20)11-12(18)3-4-14-15-5-6-17(21)19(15,2)10-8-16(14)18/h12-17,20-21H,3-11H2,1-2H3/t12-,13+,14-,15-,16+,17-,18+,19-/m0/s1. The van der Waals surface area contributed by atoms with E-state index in [1.165, 1.54) is 38.5 Å². The minimum Gasteiger partial charge on any atom is -0.393 e. The fourth-order valence-electron chi connectivity index (χ4n) is 7.21. The molecule has 120 valence electrons. The highest BCUT2D eigenvalue weighted by Gasteiger charge is 2.59. The monoisotopic (exact) mass is 292 g/mol. The molecule has 4 fully saturated rings. The summed E-state index contributed by atoms with van der Waals surface area (Å²) in [5.74, 6) is 3.21. The van der Waals surface area contributed by atoms with Crippen LogP contribution < -0.4 is 0 Å². The number of aliphatic hydroxyl groups excluding tert-OH is 2. The summed E-state index contributed by atoms with van der Waals surface area (Å²) in [6.45, 7) is 4.90. The number of aliphatic hydroxyl groups is 2. The van der Waals surface area contributed by atoms with Gasteiger partial charge in [0.25, 0.3) is 0 Å². The first-order valence-electron chi connectivity index (χ1n) is 9.31. The Morgan fingerprint density at radius 3 is 2.29 bits per heavy atom. The number of fused-ring (bicyclic) bond motifs is 5. The number of hydrogen-bond donors (Lipinski definition) is 2. The van der Waals surface area contributed by atoms with Gasteiger partial charge in [0.15, 0.2) is 0 Å². The molecule has 0 aromatic heterocycles. The molecule has 8 atom stereocenters. The van der Waals surface area contributed by atoms with Crippen LogP contribution in [-0.4, -0.2) is 22.4 Å². The van der Waals surface area contributed by atoms with Crippen LogP contribution in [0.5, 0.6) is 0 Å². The Balaban J connectivity index is 1.62. The highest BCUT2D eigenvalue weighted by atomic mass is 16.3. The average molecular weight is 292 g/mol. The molecule has 0 unspecified atom stereocenters. The molecule has 0 radical (unpaired) electrons. The second-order valence-electron chi connectivity index (χ2n) is 9.22. The maximum absolute atomic E-state index is 10.5. The number of rotatable bonds is 0. The lowest BCUT2D eigenvalue weighted by Gasteiger charge is -2.60. The van der Waals surface area contributed by atoms with E-state index in [2.05, 4.69) is 13.8 Å². The van der Waals surface area contributed by atoms with Gasteiger partial charge >= 0.3 is 0 Å². The van der Waals surface area contributed by atoms with Crippen LogP contribution in [0.15, 0.2) is 0 Å². The van der Waals surface area contributed by atoms with Crippen molar-refractivity contribution in [2.75, 3.05) is 0 Å². The van der Waals surface area contributed by atoms with Crippen molar-refractivity contribution in [1.82, 2.24) is 0 Å². The molecule has 0 saturated heterocycles. The average Bonchev–Trinajstić information content (AvgIpc) is 2.76. The van der Waals surface area contributed by atoms with Crippen molar-refractivity contribution < 1.29 is 10.2 Å². The van der Waals surface area contributed by atoms with Gasteiger partial charge in [-0.2, -0.15) is 0 Å². The Labute approximate surface area is 129 Å². The normalized spacial score (nSPS) is 60.0. The second kappa shape index (κ2) is 4.71. The molecular formula is C19H32O2. The van der Waals surface area contributed by atoms with Crippen LogP contribution in [0.25, 0.3) is 0 Å². The van der Waals surface area contributed by atoms with Crippen molar-refractivity contribution in [3.8, 4) is 0 Å².